The molecule has 1 aromatic carbocycles. The lowest BCUT2D eigenvalue weighted by Gasteiger charge is -2.07. The van der Waals surface area contributed by atoms with E-state index in [1.54, 1.807) is 0 Å². The SMILES string of the molecule is [C-]#[N+]c1ccc(COc2nc(F)c(F)cc2F)c(F)c1. The van der Waals surface area contributed by atoms with Crippen LogP contribution >= 0.6 is 0 Å². The third-order valence-corrected chi connectivity index (χ3v) is 2.38. The van der Waals surface area contributed by atoms with E-state index in [0.717, 1.165) is 6.07 Å². The van der Waals surface area contributed by atoms with E-state index in [-0.39, 0.29) is 17.3 Å². The van der Waals surface area contributed by atoms with Crippen molar-refractivity contribution in [2.24, 2.45) is 0 Å². The molecule has 7 heteroatoms. The van der Waals surface area contributed by atoms with E-state index >= 15 is 0 Å². The molecule has 0 saturated carbocycles. The highest BCUT2D eigenvalue weighted by molar-refractivity contribution is 5.46. The van der Waals surface area contributed by atoms with E-state index in [1.807, 2.05) is 0 Å². The number of hydrogen-bond donors (Lipinski definition) is 0. The third-order valence-electron chi connectivity index (χ3n) is 2.38. The quantitative estimate of drug-likeness (QED) is 0.486. The van der Waals surface area contributed by atoms with Gasteiger partial charge in [-0.2, -0.15) is 9.37 Å². The summed E-state index contributed by atoms with van der Waals surface area (Å²) in [5, 5.41) is 0. The van der Waals surface area contributed by atoms with Crippen LogP contribution in [-0.2, 0) is 6.61 Å². The van der Waals surface area contributed by atoms with Crippen LogP contribution < -0.4 is 4.74 Å². The number of ether oxygens (including phenoxy) is 1. The molecule has 0 radical (unpaired) electrons. The topological polar surface area (TPSA) is 26.5 Å². The predicted molar refractivity (Wildman–Crippen MR) is 61.1 cm³/mol. The Morgan fingerprint density at radius 3 is 2.45 bits per heavy atom. The summed E-state index contributed by atoms with van der Waals surface area (Å²) in [4.78, 5) is 5.97. The minimum atomic E-state index is -1.51. The first-order valence-electron chi connectivity index (χ1n) is 5.31. The zero-order chi connectivity index (χ0) is 14.7. The highest BCUT2D eigenvalue weighted by Crippen LogP contribution is 2.21. The van der Waals surface area contributed by atoms with Crippen LogP contribution in [0.15, 0.2) is 24.3 Å². The first-order chi connectivity index (χ1) is 9.51. The molecule has 1 heterocycles. The zero-order valence-corrected chi connectivity index (χ0v) is 9.83. The van der Waals surface area contributed by atoms with Crippen molar-refractivity contribution in [2.75, 3.05) is 0 Å². The van der Waals surface area contributed by atoms with Crippen molar-refractivity contribution in [1.82, 2.24) is 4.98 Å². The second-order valence-electron chi connectivity index (χ2n) is 3.72. The molecule has 0 saturated heterocycles. The van der Waals surface area contributed by atoms with E-state index in [2.05, 4.69) is 9.83 Å². The lowest BCUT2D eigenvalue weighted by Crippen LogP contribution is -2.04. The van der Waals surface area contributed by atoms with Gasteiger partial charge in [0.05, 0.1) is 6.57 Å². The van der Waals surface area contributed by atoms with E-state index in [9.17, 15) is 17.6 Å². The smallest absolute Gasteiger partial charge is 0.253 e. The molecule has 2 rings (SSSR count). The van der Waals surface area contributed by atoms with Crippen molar-refractivity contribution < 1.29 is 22.3 Å². The van der Waals surface area contributed by atoms with Crippen LogP contribution in [0.4, 0.5) is 23.2 Å². The van der Waals surface area contributed by atoms with Crippen LogP contribution in [0.3, 0.4) is 0 Å². The van der Waals surface area contributed by atoms with Gasteiger partial charge in [0.1, 0.15) is 12.4 Å². The van der Waals surface area contributed by atoms with Crippen LogP contribution in [0, 0.1) is 30.0 Å². The molecule has 0 unspecified atom stereocenters. The number of aromatic nitrogens is 1. The van der Waals surface area contributed by atoms with E-state index in [1.165, 1.54) is 12.1 Å². The Balaban J connectivity index is 2.17. The van der Waals surface area contributed by atoms with Gasteiger partial charge >= 0.3 is 0 Å². The van der Waals surface area contributed by atoms with Gasteiger partial charge in [0.25, 0.3) is 11.8 Å². The van der Waals surface area contributed by atoms with Gasteiger partial charge in [0.2, 0.25) is 0 Å². The Kier molecular flexibility index (Phi) is 3.84. The molecule has 102 valence electrons. The second kappa shape index (κ2) is 5.57. The lowest BCUT2D eigenvalue weighted by atomic mass is 10.2. The largest absolute Gasteiger partial charge is 0.471 e. The summed E-state index contributed by atoms with van der Waals surface area (Å²) in [7, 11) is 0. The molecule has 2 aromatic rings. The molecular weight excluding hydrogens is 276 g/mol. The van der Waals surface area contributed by atoms with Gasteiger partial charge in [-0.15, -0.1) is 0 Å². The number of pyridine rings is 1. The van der Waals surface area contributed by atoms with Crippen LogP contribution in [0.25, 0.3) is 4.85 Å². The molecule has 0 aliphatic carbocycles. The molecular formula is C13H6F4N2O. The summed E-state index contributed by atoms with van der Waals surface area (Å²) in [5.74, 6) is -5.63. The van der Waals surface area contributed by atoms with Crippen LogP contribution in [-0.4, -0.2) is 4.98 Å². The molecule has 0 atom stereocenters. The fourth-order valence-electron chi connectivity index (χ4n) is 1.40. The average Bonchev–Trinajstić information content (AvgIpc) is 2.42. The van der Waals surface area contributed by atoms with Crippen molar-refractivity contribution in [3.8, 4) is 5.88 Å². The van der Waals surface area contributed by atoms with Gasteiger partial charge in [-0.05, 0) is 6.07 Å². The van der Waals surface area contributed by atoms with Crippen molar-refractivity contribution in [3.05, 3.63) is 64.6 Å². The molecule has 20 heavy (non-hydrogen) atoms. The first-order valence-corrected chi connectivity index (χ1v) is 5.31. The highest BCUT2D eigenvalue weighted by atomic mass is 19.2. The molecule has 3 nitrogen and oxygen atoms in total. The number of hydrogen-bond acceptors (Lipinski definition) is 2. The number of rotatable bonds is 3. The lowest BCUT2D eigenvalue weighted by molar-refractivity contribution is 0.264. The monoisotopic (exact) mass is 282 g/mol. The maximum absolute atomic E-state index is 13.5. The summed E-state index contributed by atoms with van der Waals surface area (Å²) in [6.07, 6.45) is 0. The molecule has 0 aliphatic heterocycles. The summed E-state index contributed by atoms with van der Waals surface area (Å²) >= 11 is 0. The molecule has 0 N–H and O–H groups in total. The van der Waals surface area contributed by atoms with Crippen LogP contribution in [0.2, 0.25) is 0 Å². The maximum Gasteiger partial charge on any atom is 0.253 e. The van der Waals surface area contributed by atoms with E-state index in [0.29, 0.717) is 0 Å². The third kappa shape index (κ3) is 2.85. The molecule has 0 fully saturated rings. The fourth-order valence-corrected chi connectivity index (χ4v) is 1.40. The van der Waals surface area contributed by atoms with Crippen molar-refractivity contribution in [2.45, 2.75) is 6.61 Å². The van der Waals surface area contributed by atoms with Gasteiger partial charge in [-0.3, -0.25) is 0 Å². The minimum absolute atomic E-state index is 0.0309. The van der Waals surface area contributed by atoms with E-state index < -0.39 is 35.9 Å². The molecule has 0 spiro atoms. The van der Waals surface area contributed by atoms with E-state index in [4.69, 9.17) is 11.3 Å². The number of benzene rings is 1. The van der Waals surface area contributed by atoms with Crippen LogP contribution in [0.5, 0.6) is 5.88 Å². The predicted octanol–water partition coefficient (Wildman–Crippen LogP) is 3.77. The fraction of sp³-hybridized carbons (Fsp3) is 0.0769. The summed E-state index contributed by atoms with van der Waals surface area (Å²) in [6, 6.07) is 3.90. The van der Waals surface area contributed by atoms with Gasteiger partial charge < -0.3 is 4.74 Å². The van der Waals surface area contributed by atoms with Gasteiger partial charge in [-0.25, -0.2) is 18.0 Å². The van der Waals surface area contributed by atoms with Gasteiger partial charge in [0.15, 0.2) is 17.3 Å². The Labute approximate surface area is 111 Å². The van der Waals surface area contributed by atoms with Gasteiger partial charge in [0, 0.05) is 11.6 Å². The second-order valence-corrected chi connectivity index (χ2v) is 3.72. The first kappa shape index (κ1) is 13.8. The molecule has 1 aromatic heterocycles. The van der Waals surface area contributed by atoms with Crippen molar-refractivity contribution in [3.63, 3.8) is 0 Å². The Morgan fingerprint density at radius 1 is 1.05 bits per heavy atom. The zero-order valence-electron chi connectivity index (χ0n) is 9.83. The average molecular weight is 282 g/mol. The normalized spacial score (nSPS) is 10.2. The van der Waals surface area contributed by atoms with Crippen molar-refractivity contribution in [1.29, 1.82) is 0 Å². The maximum atomic E-state index is 13.5. The molecule has 0 bridgehead atoms. The Hall–Kier alpha value is -2.62. The number of halogens is 4. The summed E-state index contributed by atoms with van der Waals surface area (Å²) in [6.45, 7) is 6.28. The Morgan fingerprint density at radius 2 is 1.80 bits per heavy atom. The van der Waals surface area contributed by atoms with Crippen molar-refractivity contribution >= 4 is 5.69 Å². The summed E-state index contributed by atoms with van der Waals surface area (Å²) in [5.41, 5.74) is 0.131. The standard InChI is InChI=1S/C13H6F4N2O/c1-18-8-3-2-7(9(14)4-8)6-20-13-11(16)5-10(15)12(17)19-13/h2-5H,6H2. The molecule has 0 amide bonds. The minimum Gasteiger partial charge on any atom is -0.471 e. The molecule has 0 aliphatic rings. The summed E-state index contributed by atoms with van der Waals surface area (Å²) < 4.78 is 57.0. The van der Waals surface area contributed by atoms with Gasteiger partial charge in [-0.1, -0.05) is 12.1 Å². The van der Waals surface area contributed by atoms with Crippen LogP contribution in [0.1, 0.15) is 5.56 Å². The number of nitrogens with zero attached hydrogens (tertiary/aromatic N) is 2. The highest BCUT2D eigenvalue weighted by Gasteiger charge is 2.13. The Bertz CT molecular complexity index is 698.